The van der Waals surface area contributed by atoms with Crippen LogP contribution in [0.1, 0.15) is 5.56 Å². The number of ether oxygens (including phenoxy) is 1. The number of rotatable bonds is 2. The van der Waals surface area contributed by atoms with Crippen LogP contribution >= 0.6 is 0 Å². The molecule has 1 rings (SSSR count). The van der Waals surface area contributed by atoms with Gasteiger partial charge in [0.25, 0.3) is 0 Å². The van der Waals surface area contributed by atoms with Gasteiger partial charge in [-0.05, 0) is 11.6 Å². The van der Waals surface area contributed by atoms with Crippen LogP contribution in [-0.4, -0.2) is 6.36 Å². The van der Waals surface area contributed by atoms with Crippen LogP contribution in [0.4, 0.5) is 23.2 Å². The molecule has 0 fully saturated rings. The summed E-state index contributed by atoms with van der Waals surface area (Å²) in [4.78, 5) is 0. The van der Waals surface area contributed by atoms with Crippen LogP contribution in [0.2, 0.25) is 0 Å². The van der Waals surface area contributed by atoms with E-state index in [4.69, 9.17) is 11.5 Å². The van der Waals surface area contributed by atoms with E-state index in [-0.39, 0.29) is 17.8 Å². The first-order valence-corrected chi connectivity index (χ1v) is 3.87. The van der Waals surface area contributed by atoms with Crippen LogP contribution in [-0.2, 0) is 6.54 Å². The lowest BCUT2D eigenvalue weighted by Gasteiger charge is -2.11. The summed E-state index contributed by atoms with van der Waals surface area (Å²) in [6, 6.07) is 1.51. The van der Waals surface area contributed by atoms with E-state index in [0.29, 0.717) is 6.07 Å². The molecule has 0 saturated carbocycles. The summed E-state index contributed by atoms with van der Waals surface area (Å²) in [7, 11) is 0. The quantitative estimate of drug-likeness (QED) is 0.594. The Kier molecular flexibility index (Phi) is 3.04. The third-order valence-electron chi connectivity index (χ3n) is 1.64. The molecule has 0 bridgehead atoms. The zero-order chi connectivity index (χ0) is 11.6. The maximum Gasteiger partial charge on any atom is 0.573 e. The summed E-state index contributed by atoms with van der Waals surface area (Å²) in [6.45, 7) is -0.169. The molecule has 1 aromatic rings. The fraction of sp³-hybridized carbons (Fsp3) is 0.250. The molecule has 0 heterocycles. The standard InChI is InChI=1S/C8H8F4N2O/c9-6-2-5(15-8(10,11)12)1-4(3-13)7(6)14/h1-2H,3,13-14H2. The fourth-order valence-electron chi connectivity index (χ4n) is 1.01. The molecule has 0 unspecified atom stereocenters. The third kappa shape index (κ3) is 2.98. The van der Waals surface area contributed by atoms with Crippen molar-refractivity contribution in [3.05, 3.63) is 23.5 Å². The number of nitrogens with two attached hydrogens (primary N) is 2. The maximum absolute atomic E-state index is 13.0. The van der Waals surface area contributed by atoms with Crippen molar-refractivity contribution >= 4 is 5.69 Å². The number of benzene rings is 1. The second-order valence-corrected chi connectivity index (χ2v) is 2.73. The Balaban J connectivity index is 3.06. The van der Waals surface area contributed by atoms with E-state index >= 15 is 0 Å². The molecule has 0 aromatic heterocycles. The van der Waals surface area contributed by atoms with Gasteiger partial charge in [-0.3, -0.25) is 0 Å². The van der Waals surface area contributed by atoms with E-state index in [1.165, 1.54) is 0 Å². The van der Waals surface area contributed by atoms with E-state index in [0.717, 1.165) is 6.07 Å². The van der Waals surface area contributed by atoms with Gasteiger partial charge in [-0.2, -0.15) is 0 Å². The van der Waals surface area contributed by atoms with Gasteiger partial charge in [0.2, 0.25) is 0 Å². The topological polar surface area (TPSA) is 61.3 Å². The van der Waals surface area contributed by atoms with E-state index in [1.54, 1.807) is 0 Å². The van der Waals surface area contributed by atoms with Gasteiger partial charge in [0, 0.05) is 12.6 Å². The molecule has 4 N–H and O–H groups in total. The highest BCUT2D eigenvalue weighted by atomic mass is 19.4. The molecule has 7 heteroatoms. The Labute approximate surface area is 82.6 Å². The second-order valence-electron chi connectivity index (χ2n) is 2.73. The SMILES string of the molecule is NCc1cc(OC(F)(F)F)cc(F)c1N. The summed E-state index contributed by atoms with van der Waals surface area (Å²) in [5.41, 5.74) is 10.2. The van der Waals surface area contributed by atoms with E-state index < -0.39 is 17.9 Å². The molecular formula is C8H8F4N2O. The Hall–Kier alpha value is -1.50. The zero-order valence-corrected chi connectivity index (χ0v) is 7.44. The van der Waals surface area contributed by atoms with Crippen molar-refractivity contribution in [2.75, 3.05) is 5.73 Å². The van der Waals surface area contributed by atoms with E-state index in [9.17, 15) is 17.6 Å². The molecule has 15 heavy (non-hydrogen) atoms. The second kappa shape index (κ2) is 3.93. The molecule has 0 amide bonds. The number of halogens is 4. The predicted octanol–water partition coefficient (Wildman–Crippen LogP) is 1.77. The minimum absolute atomic E-state index is 0.0641. The highest BCUT2D eigenvalue weighted by Crippen LogP contribution is 2.28. The highest BCUT2D eigenvalue weighted by molar-refractivity contribution is 5.51. The zero-order valence-electron chi connectivity index (χ0n) is 7.44. The number of nitrogen functional groups attached to an aromatic ring is 1. The molecule has 3 nitrogen and oxygen atoms in total. The van der Waals surface area contributed by atoms with Crippen LogP contribution in [0.25, 0.3) is 0 Å². The lowest BCUT2D eigenvalue weighted by atomic mass is 10.1. The minimum Gasteiger partial charge on any atom is -0.406 e. The van der Waals surface area contributed by atoms with Crippen molar-refractivity contribution in [3.63, 3.8) is 0 Å². The lowest BCUT2D eigenvalue weighted by Crippen LogP contribution is -2.18. The smallest absolute Gasteiger partial charge is 0.406 e. The van der Waals surface area contributed by atoms with Gasteiger partial charge in [0.05, 0.1) is 5.69 Å². The van der Waals surface area contributed by atoms with Crippen molar-refractivity contribution in [2.24, 2.45) is 5.73 Å². The number of alkyl halides is 3. The number of hydrogen-bond acceptors (Lipinski definition) is 3. The van der Waals surface area contributed by atoms with Gasteiger partial charge in [0.1, 0.15) is 11.6 Å². The van der Waals surface area contributed by atoms with Crippen molar-refractivity contribution in [2.45, 2.75) is 12.9 Å². The average Bonchev–Trinajstić information content (AvgIpc) is 2.08. The van der Waals surface area contributed by atoms with Gasteiger partial charge >= 0.3 is 6.36 Å². The van der Waals surface area contributed by atoms with Gasteiger partial charge < -0.3 is 16.2 Å². The molecule has 0 aliphatic heterocycles. The van der Waals surface area contributed by atoms with Crippen molar-refractivity contribution in [3.8, 4) is 5.75 Å². The average molecular weight is 224 g/mol. The van der Waals surface area contributed by atoms with Crippen LogP contribution in [0, 0.1) is 5.82 Å². The summed E-state index contributed by atoms with van der Waals surface area (Å²) in [5.74, 6) is -1.66. The van der Waals surface area contributed by atoms with Crippen LogP contribution in [0.3, 0.4) is 0 Å². The lowest BCUT2D eigenvalue weighted by molar-refractivity contribution is -0.274. The predicted molar refractivity (Wildman–Crippen MR) is 45.4 cm³/mol. The summed E-state index contributed by atoms with van der Waals surface area (Å²) >= 11 is 0. The molecule has 0 atom stereocenters. The molecule has 1 aromatic carbocycles. The Morgan fingerprint density at radius 1 is 1.27 bits per heavy atom. The molecular weight excluding hydrogens is 216 g/mol. The Morgan fingerprint density at radius 3 is 2.33 bits per heavy atom. The van der Waals surface area contributed by atoms with Crippen LogP contribution in [0.15, 0.2) is 12.1 Å². The fourth-order valence-corrected chi connectivity index (χ4v) is 1.01. The molecule has 0 aliphatic rings. The first-order valence-electron chi connectivity index (χ1n) is 3.87. The van der Waals surface area contributed by atoms with Crippen LogP contribution < -0.4 is 16.2 Å². The van der Waals surface area contributed by atoms with E-state index in [1.807, 2.05) is 0 Å². The van der Waals surface area contributed by atoms with Crippen LogP contribution in [0.5, 0.6) is 5.75 Å². The summed E-state index contributed by atoms with van der Waals surface area (Å²) in [5, 5.41) is 0. The minimum atomic E-state index is -4.87. The molecule has 0 aliphatic carbocycles. The molecule has 0 saturated heterocycles. The van der Waals surface area contributed by atoms with E-state index in [2.05, 4.69) is 4.74 Å². The number of hydrogen-bond donors (Lipinski definition) is 2. The summed E-state index contributed by atoms with van der Waals surface area (Å²) in [6.07, 6.45) is -4.87. The molecule has 0 spiro atoms. The largest absolute Gasteiger partial charge is 0.573 e. The van der Waals surface area contributed by atoms with Crippen molar-refractivity contribution < 1.29 is 22.3 Å². The highest BCUT2D eigenvalue weighted by Gasteiger charge is 2.31. The van der Waals surface area contributed by atoms with Crippen molar-refractivity contribution in [1.29, 1.82) is 0 Å². The van der Waals surface area contributed by atoms with Crippen molar-refractivity contribution in [1.82, 2.24) is 0 Å². The normalized spacial score (nSPS) is 11.5. The maximum atomic E-state index is 13.0. The first kappa shape index (κ1) is 11.6. The third-order valence-corrected chi connectivity index (χ3v) is 1.64. The number of anilines is 1. The first-order chi connectivity index (χ1) is 6.83. The monoisotopic (exact) mass is 224 g/mol. The van der Waals surface area contributed by atoms with Gasteiger partial charge in [-0.15, -0.1) is 13.2 Å². The van der Waals surface area contributed by atoms with Gasteiger partial charge in [-0.1, -0.05) is 0 Å². The molecule has 84 valence electrons. The molecule has 0 radical (unpaired) electrons. The Morgan fingerprint density at radius 2 is 1.87 bits per heavy atom. The van der Waals surface area contributed by atoms with Gasteiger partial charge in [-0.25, -0.2) is 4.39 Å². The van der Waals surface area contributed by atoms with Gasteiger partial charge in [0.15, 0.2) is 0 Å². The Bertz CT molecular complexity index is 364. The summed E-state index contributed by atoms with van der Waals surface area (Å²) < 4.78 is 51.9.